The summed E-state index contributed by atoms with van der Waals surface area (Å²) in [5.74, 6) is 1.08. The van der Waals surface area contributed by atoms with Crippen molar-refractivity contribution < 1.29 is 9.53 Å². The molecule has 2 bridgehead atoms. The highest BCUT2D eigenvalue weighted by Crippen LogP contribution is 2.72. The molecule has 2 heteroatoms. The molecule has 1 heterocycles. The summed E-state index contributed by atoms with van der Waals surface area (Å²) in [6.07, 6.45) is 2.28. The molecule has 1 saturated carbocycles. The van der Waals surface area contributed by atoms with Crippen LogP contribution in [0.1, 0.15) is 49.7 Å². The van der Waals surface area contributed by atoms with E-state index in [9.17, 15) is 4.79 Å². The number of Topliss-reactive ketones (excluding diaryl/α,β-unsaturated/α-hetero) is 1. The monoisotopic (exact) mass is 242 g/mol. The van der Waals surface area contributed by atoms with Crippen molar-refractivity contribution in [2.75, 3.05) is 6.61 Å². The molecule has 0 spiro atoms. The van der Waals surface area contributed by atoms with Crippen LogP contribution in [-0.2, 0) is 9.53 Å². The highest BCUT2D eigenvalue weighted by Gasteiger charge is 2.72. The Morgan fingerprint density at radius 2 is 1.72 bits per heavy atom. The van der Waals surface area contributed by atoms with E-state index < -0.39 is 0 Å². The van der Waals surface area contributed by atoms with Crippen LogP contribution in [0.4, 0.5) is 0 Å². The Kier molecular flexibility index (Phi) is 1.82. The second kappa shape index (κ2) is 3.05. The minimum atomic E-state index is -0.281. The molecule has 94 valence electrons. The van der Waals surface area contributed by atoms with Gasteiger partial charge in [0.05, 0.1) is 12.0 Å². The first-order valence-corrected chi connectivity index (χ1v) is 6.85. The Labute approximate surface area is 107 Å². The number of benzene rings is 1. The second-order valence-corrected chi connectivity index (χ2v) is 6.26. The van der Waals surface area contributed by atoms with Crippen molar-refractivity contribution in [1.82, 2.24) is 0 Å². The molecular weight excluding hydrogens is 224 g/mol. The molecule has 1 aromatic carbocycles. The molecule has 2 aliphatic carbocycles. The van der Waals surface area contributed by atoms with Crippen LogP contribution in [0, 0.1) is 5.41 Å². The van der Waals surface area contributed by atoms with Crippen molar-refractivity contribution in [3.05, 3.63) is 35.4 Å². The van der Waals surface area contributed by atoms with Crippen molar-refractivity contribution >= 4 is 5.78 Å². The van der Waals surface area contributed by atoms with Crippen LogP contribution in [0.2, 0.25) is 0 Å². The molecule has 1 aliphatic heterocycles. The van der Waals surface area contributed by atoms with Gasteiger partial charge >= 0.3 is 0 Å². The zero-order chi connectivity index (χ0) is 12.5. The summed E-state index contributed by atoms with van der Waals surface area (Å²) in [7, 11) is 0. The zero-order valence-electron chi connectivity index (χ0n) is 10.9. The van der Waals surface area contributed by atoms with E-state index in [1.165, 1.54) is 11.1 Å². The first kappa shape index (κ1) is 10.7. The van der Waals surface area contributed by atoms with Crippen molar-refractivity contribution in [3.8, 4) is 0 Å². The van der Waals surface area contributed by atoms with Gasteiger partial charge < -0.3 is 4.74 Å². The molecular formula is C16H18O2. The van der Waals surface area contributed by atoms with E-state index in [1.54, 1.807) is 6.92 Å². The SMILES string of the molecule is CC(=O)C1([C@]2(C)CO2)[C@H]2CC[C@H]1c1ccccc12. The van der Waals surface area contributed by atoms with Gasteiger partial charge in [0, 0.05) is 11.8 Å². The van der Waals surface area contributed by atoms with Gasteiger partial charge in [-0.2, -0.15) is 0 Å². The molecule has 1 saturated heterocycles. The number of carbonyl (C=O) groups is 1. The molecule has 0 N–H and O–H groups in total. The van der Waals surface area contributed by atoms with Crippen LogP contribution in [0.15, 0.2) is 24.3 Å². The number of hydrogen-bond donors (Lipinski definition) is 0. The van der Waals surface area contributed by atoms with Gasteiger partial charge in [-0.15, -0.1) is 0 Å². The number of hydrogen-bond acceptors (Lipinski definition) is 2. The number of fused-ring (bicyclic) bond motifs is 5. The van der Waals surface area contributed by atoms with E-state index in [2.05, 4.69) is 31.2 Å². The maximum Gasteiger partial charge on any atom is 0.140 e. The highest BCUT2D eigenvalue weighted by atomic mass is 16.6. The molecule has 0 radical (unpaired) electrons. The zero-order valence-corrected chi connectivity index (χ0v) is 10.9. The summed E-state index contributed by atoms with van der Waals surface area (Å²) in [5.41, 5.74) is 2.31. The topological polar surface area (TPSA) is 29.6 Å². The molecule has 2 nitrogen and oxygen atoms in total. The third kappa shape index (κ3) is 0.947. The van der Waals surface area contributed by atoms with Crippen LogP contribution in [0.3, 0.4) is 0 Å². The number of ether oxygens (including phenoxy) is 1. The summed E-state index contributed by atoms with van der Waals surface area (Å²) < 4.78 is 5.74. The Morgan fingerprint density at radius 3 is 2.11 bits per heavy atom. The first-order chi connectivity index (χ1) is 8.61. The third-order valence-electron chi connectivity index (χ3n) is 5.63. The van der Waals surface area contributed by atoms with Crippen molar-refractivity contribution in [2.45, 2.75) is 44.1 Å². The van der Waals surface area contributed by atoms with Gasteiger partial charge in [-0.25, -0.2) is 0 Å². The summed E-state index contributed by atoms with van der Waals surface area (Å²) in [6.45, 7) is 4.64. The van der Waals surface area contributed by atoms with E-state index >= 15 is 0 Å². The standard InChI is InChI=1S/C16H18O2/c1-10(17)16(15(2)9-18-15)13-7-8-14(16)12-6-4-3-5-11(12)13/h3-6,13-14H,7-9H2,1-2H3/t13-,14-,15-/m0/s1. The summed E-state index contributed by atoms with van der Waals surface area (Å²) in [4.78, 5) is 12.5. The molecule has 4 rings (SSSR count). The molecule has 3 atom stereocenters. The van der Waals surface area contributed by atoms with Crippen LogP contribution >= 0.6 is 0 Å². The van der Waals surface area contributed by atoms with Gasteiger partial charge in [-0.3, -0.25) is 4.79 Å². The van der Waals surface area contributed by atoms with E-state index in [0.717, 1.165) is 19.4 Å². The summed E-state index contributed by atoms with van der Waals surface area (Å²) in [5, 5.41) is 0. The normalized spacial score (nSPS) is 43.9. The van der Waals surface area contributed by atoms with E-state index in [-0.39, 0.29) is 11.0 Å². The molecule has 0 amide bonds. The predicted molar refractivity (Wildman–Crippen MR) is 68.6 cm³/mol. The fourth-order valence-electron chi connectivity index (χ4n) is 4.93. The quantitative estimate of drug-likeness (QED) is 0.746. The maximum absolute atomic E-state index is 12.5. The van der Waals surface area contributed by atoms with Gasteiger partial charge in [-0.05, 0) is 37.8 Å². The largest absolute Gasteiger partial charge is 0.369 e. The Bertz CT molecular complexity index is 511. The Balaban J connectivity index is 1.97. The van der Waals surface area contributed by atoms with Crippen molar-refractivity contribution in [1.29, 1.82) is 0 Å². The smallest absolute Gasteiger partial charge is 0.140 e. The van der Waals surface area contributed by atoms with Gasteiger partial charge in [0.2, 0.25) is 0 Å². The molecule has 2 fully saturated rings. The van der Waals surface area contributed by atoms with Gasteiger partial charge in [0.25, 0.3) is 0 Å². The van der Waals surface area contributed by atoms with E-state index in [4.69, 9.17) is 4.74 Å². The average molecular weight is 242 g/mol. The molecule has 0 unspecified atom stereocenters. The second-order valence-electron chi connectivity index (χ2n) is 6.26. The first-order valence-electron chi connectivity index (χ1n) is 6.85. The lowest BCUT2D eigenvalue weighted by atomic mass is 9.64. The van der Waals surface area contributed by atoms with Gasteiger partial charge in [0.1, 0.15) is 11.4 Å². The molecule has 18 heavy (non-hydrogen) atoms. The fraction of sp³-hybridized carbons (Fsp3) is 0.562. The molecule has 0 aromatic heterocycles. The summed E-state index contributed by atoms with van der Waals surface area (Å²) in [6, 6.07) is 8.62. The summed E-state index contributed by atoms with van der Waals surface area (Å²) >= 11 is 0. The lowest BCUT2D eigenvalue weighted by molar-refractivity contribution is -0.131. The van der Waals surface area contributed by atoms with Crippen LogP contribution in [-0.4, -0.2) is 18.0 Å². The third-order valence-corrected chi connectivity index (χ3v) is 5.63. The van der Waals surface area contributed by atoms with Crippen LogP contribution in [0.25, 0.3) is 0 Å². The highest BCUT2D eigenvalue weighted by molar-refractivity contribution is 5.89. The van der Waals surface area contributed by atoms with E-state index in [0.29, 0.717) is 17.6 Å². The number of carbonyl (C=O) groups excluding carboxylic acids is 1. The van der Waals surface area contributed by atoms with E-state index in [1.807, 2.05) is 0 Å². The Hall–Kier alpha value is -1.15. The minimum Gasteiger partial charge on any atom is -0.369 e. The fourth-order valence-corrected chi connectivity index (χ4v) is 4.93. The predicted octanol–water partition coefficient (Wildman–Crippen LogP) is 3.03. The number of epoxide rings is 1. The van der Waals surface area contributed by atoms with Gasteiger partial charge in [0.15, 0.2) is 0 Å². The minimum absolute atomic E-state index is 0.219. The van der Waals surface area contributed by atoms with Crippen molar-refractivity contribution in [3.63, 3.8) is 0 Å². The van der Waals surface area contributed by atoms with Crippen LogP contribution < -0.4 is 0 Å². The van der Waals surface area contributed by atoms with Crippen LogP contribution in [0.5, 0.6) is 0 Å². The molecule has 3 aliphatic rings. The van der Waals surface area contributed by atoms with Crippen molar-refractivity contribution in [2.24, 2.45) is 5.41 Å². The number of ketones is 1. The number of rotatable bonds is 2. The average Bonchev–Trinajstić information content (AvgIpc) is 2.91. The molecule has 1 aromatic rings. The Morgan fingerprint density at radius 1 is 1.22 bits per heavy atom. The lowest BCUT2D eigenvalue weighted by Gasteiger charge is -2.36. The maximum atomic E-state index is 12.5. The van der Waals surface area contributed by atoms with Gasteiger partial charge in [-0.1, -0.05) is 24.3 Å². The lowest BCUT2D eigenvalue weighted by Crippen LogP contribution is -2.45.